The Labute approximate surface area is 172 Å². The van der Waals surface area contributed by atoms with Crippen molar-refractivity contribution in [1.82, 2.24) is 0 Å². The fourth-order valence-corrected chi connectivity index (χ4v) is 3.05. The molecule has 0 atom stereocenters. The van der Waals surface area contributed by atoms with Crippen molar-refractivity contribution < 1.29 is 23.7 Å². The Hall–Kier alpha value is -3.15. The second-order valence-corrected chi connectivity index (χ2v) is 6.58. The molecule has 0 fully saturated rings. The molecule has 0 aromatic heterocycles. The average Bonchev–Trinajstić information content (AvgIpc) is 2.75. The van der Waals surface area contributed by atoms with E-state index < -0.39 is 0 Å². The molecule has 156 valence electrons. The van der Waals surface area contributed by atoms with E-state index >= 15 is 0 Å². The number of hydrogen-bond donors (Lipinski definition) is 0. The number of methoxy groups -OCH3 is 4. The van der Waals surface area contributed by atoms with Crippen LogP contribution in [0.2, 0.25) is 0 Å². The van der Waals surface area contributed by atoms with E-state index in [0.29, 0.717) is 34.8 Å². The zero-order valence-electron chi connectivity index (χ0n) is 18.2. The van der Waals surface area contributed by atoms with Gasteiger partial charge in [-0.25, -0.2) is 0 Å². The zero-order valence-corrected chi connectivity index (χ0v) is 18.2. The van der Waals surface area contributed by atoms with Crippen molar-refractivity contribution in [3.8, 4) is 23.0 Å². The van der Waals surface area contributed by atoms with Crippen LogP contribution in [0.15, 0.2) is 35.9 Å². The van der Waals surface area contributed by atoms with E-state index in [4.69, 9.17) is 18.9 Å². The van der Waals surface area contributed by atoms with Crippen LogP contribution in [0.4, 0.5) is 5.69 Å². The Morgan fingerprint density at radius 3 is 1.97 bits per heavy atom. The second kappa shape index (κ2) is 9.87. The lowest BCUT2D eigenvalue weighted by atomic mass is 9.97. The molecule has 0 radical (unpaired) electrons. The Morgan fingerprint density at radius 2 is 1.45 bits per heavy atom. The molecule has 2 aromatic rings. The van der Waals surface area contributed by atoms with Gasteiger partial charge in [0.1, 0.15) is 11.5 Å². The van der Waals surface area contributed by atoms with E-state index in [1.54, 1.807) is 46.6 Å². The molecule has 0 N–H and O–H groups in total. The fourth-order valence-electron chi connectivity index (χ4n) is 3.05. The normalized spacial score (nSPS) is 11.1. The van der Waals surface area contributed by atoms with Gasteiger partial charge in [0.2, 0.25) is 0 Å². The first-order valence-corrected chi connectivity index (χ1v) is 9.30. The van der Waals surface area contributed by atoms with Gasteiger partial charge in [0.25, 0.3) is 0 Å². The van der Waals surface area contributed by atoms with Crippen LogP contribution in [0, 0.1) is 0 Å². The summed E-state index contributed by atoms with van der Waals surface area (Å²) in [6.07, 6.45) is 2.41. The van der Waals surface area contributed by atoms with E-state index in [-0.39, 0.29) is 5.78 Å². The van der Waals surface area contributed by atoms with Gasteiger partial charge < -0.3 is 23.8 Å². The molecule has 6 heteroatoms. The summed E-state index contributed by atoms with van der Waals surface area (Å²) < 4.78 is 21.6. The molecule has 0 aliphatic heterocycles. The van der Waals surface area contributed by atoms with Crippen molar-refractivity contribution in [2.24, 2.45) is 0 Å². The van der Waals surface area contributed by atoms with E-state index in [0.717, 1.165) is 17.0 Å². The van der Waals surface area contributed by atoms with E-state index in [2.05, 4.69) is 0 Å². The van der Waals surface area contributed by atoms with Crippen molar-refractivity contribution in [2.75, 3.05) is 47.4 Å². The third-order valence-electron chi connectivity index (χ3n) is 4.66. The highest BCUT2D eigenvalue weighted by molar-refractivity contribution is 6.12. The Balaban J connectivity index is 2.52. The molecule has 0 heterocycles. The molecule has 29 heavy (non-hydrogen) atoms. The first-order valence-electron chi connectivity index (χ1n) is 9.30. The number of allylic oxidation sites excluding steroid dienone is 1. The zero-order chi connectivity index (χ0) is 21.6. The number of carbonyl (C=O) groups excluding carboxylic acids is 1. The number of ether oxygens (including phenoxy) is 4. The lowest BCUT2D eigenvalue weighted by Gasteiger charge is -2.18. The number of hydrogen-bond acceptors (Lipinski definition) is 6. The van der Waals surface area contributed by atoms with Gasteiger partial charge >= 0.3 is 0 Å². The summed E-state index contributed by atoms with van der Waals surface area (Å²) in [6.45, 7) is 1.95. The van der Waals surface area contributed by atoms with Crippen LogP contribution in [0.5, 0.6) is 23.0 Å². The topological polar surface area (TPSA) is 57.2 Å². The molecule has 0 spiro atoms. The predicted octanol–water partition coefficient (Wildman–Crippen LogP) is 4.46. The predicted molar refractivity (Wildman–Crippen MR) is 116 cm³/mol. The van der Waals surface area contributed by atoms with Gasteiger partial charge in [0.05, 0.1) is 34.1 Å². The number of anilines is 1. The Morgan fingerprint density at radius 1 is 0.862 bits per heavy atom. The van der Waals surface area contributed by atoms with Crippen LogP contribution < -0.4 is 23.8 Å². The average molecular weight is 399 g/mol. The lowest BCUT2D eigenvalue weighted by molar-refractivity contribution is 0.103. The monoisotopic (exact) mass is 399 g/mol. The van der Waals surface area contributed by atoms with Gasteiger partial charge in [0, 0.05) is 36.9 Å². The van der Waals surface area contributed by atoms with Crippen molar-refractivity contribution in [2.45, 2.75) is 13.3 Å². The van der Waals surface area contributed by atoms with Crippen molar-refractivity contribution in [3.05, 3.63) is 47.0 Å². The van der Waals surface area contributed by atoms with Crippen LogP contribution in [-0.2, 0) is 0 Å². The minimum absolute atomic E-state index is 0.0462. The highest BCUT2D eigenvalue weighted by Gasteiger charge is 2.17. The van der Waals surface area contributed by atoms with Crippen LogP contribution in [0.3, 0.4) is 0 Å². The summed E-state index contributed by atoms with van der Waals surface area (Å²) in [5.74, 6) is 2.41. The second-order valence-electron chi connectivity index (χ2n) is 6.58. The van der Waals surface area contributed by atoms with Crippen molar-refractivity contribution in [1.29, 1.82) is 0 Å². The van der Waals surface area contributed by atoms with Gasteiger partial charge in [0.15, 0.2) is 17.3 Å². The summed E-state index contributed by atoms with van der Waals surface area (Å²) in [4.78, 5) is 15.1. The van der Waals surface area contributed by atoms with Crippen LogP contribution in [0.25, 0.3) is 6.08 Å². The van der Waals surface area contributed by atoms with Crippen molar-refractivity contribution in [3.63, 3.8) is 0 Å². The first-order chi connectivity index (χ1) is 13.9. The Bertz CT molecular complexity index is 902. The Kier molecular flexibility index (Phi) is 7.53. The molecule has 2 rings (SSSR count). The summed E-state index contributed by atoms with van der Waals surface area (Å²) >= 11 is 0. The standard InChI is InChI=1S/C23H29NO5/c1-8-15(11-17-13-21(28-6)22(29-7)14-20(17)27-5)23(25)16-9-10-19(26-4)18(12-16)24(2)3/h9-14H,8H2,1-7H3. The summed E-state index contributed by atoms with van der Waals surface area (Å²) in [6, 6.07) is 8.99. The molecule has 0 saturated heterocycles. The largest absolute Gasteiger partial charge is 0.496 e. The number of Topliss-reactive ketones (excluding diaryl/α,β-unsaturated/α-hetero) is 1. The SMILES string of the molecule is CCC(=Cc1cc(OC)c(OC)cc1OC)C(=O)c1ccc(OC)c(N(C)C)c1. The third-order valence-corrected chi connectivity index (χ3v) is 4.66. The molecule has 0 saturated carbocycles. The maximum absolute atomic E-state index is 13.2. The smallest absolute Gasteiger partial charge is 0.189 e. The summed E-state index contributed by atoms with van der Waals surface area (Å²) in [5.41, 5.74) is 2.85. The maximum atomic E-state index is 13.2. The van der Waals surface area contributed by atoms with Crippen LogP contribution >= 0.6 is 0 Å². The van der Waals surface area contributed by atoms with Gasteiger partial charge in [-0.2, -0.15) is 0 Å². The number of ketones is 1. The first kappa shape index (κ1) is 22.1. The van der Waals surface area contributed by atoms with E-state index in [9.17, 15) is 4.79 Å². The highest BCUT2D eigenvalue weighted by atomic mass is 16.5. The molecule has 0 aliphatic carbocycles. The van der Waals surface area contributed by atoms with Crippen LogP contribution in [-0.4, -0.2) is 48.3 Å². The molecule has 0 bridgehead atoms. The summed E-state index contributed by atoms with van der Waals surface area (Å²) in [5, 5.41) is 0. The fraction of sp³-hybridized carbons (Fsp3) is 0.348. The number of nitrogens with zero attached hydrogens (tertiary/aromatic N) is 1. The highest BCUT2D eigenvalue weighted by Crippen LogP contribution is 2.36. The van der Waals surface area contributed by atoms with Gasteiger partial charge in [-0.15, -0.1) is 0 Å². The number of carbonyl (C=O) groups is 1. The molecule has 6 nitrogen and oxygen atoms in total. The van der Waals surface area contributed by atoms with Crippen molar-refractivity contribution >= 4 is 17.5 Å². The minimum atomic E-state index is -0.0462. The molecular weight excluding hydrogens is 370 g/mol. The molecule has 2 aromatic carbocycles. The number of rotatable bonds is 9. The quantitative estimate of drug-likeness (QED) is 0.458. The van der Waals surface area contributed by atoms with Gasteiger partial charge in [-0.1, -0.05) is 6.92 Å². The molecule has 0 aliphatic rings. The maximum Gasteiger partial charge on any atom is 0.189 e. The minimum Gasteiger partial charge on any atom is -0.496 e. The summed E-state index contributed by atoms with van der Waals surface area (Å²) in [7, 11) is 10.2. The number of benzene rings is 2. The lowest BCUT2D eigenvalue weighted by Crippen LogP contribution is -2.12. The van der Waals surface area contributed by atoms with E-state index in [1.165, 1.54) is 0 Å². The third kappa shape index (κ3) is 4.83. The molecular formula is C23H29NO5. The van der Waals surface area contributed by atoms with Crippen LogP contribution in [0.1, 0.15) is 29.3 Å². The van der Waals surface area contributed by atoms with E-state index in [1.807, 2.05) is 44.1 Å². The molecule has 0 unspecified atom stereocenters. The molecule has 0 amide bonds. The van der Waals surface area contributed by atoms with Gasteiger partial charge in [-0.05, 0) is 36.8 Å². The van der Waals surface area contributed by atoms with Gasteiger partial charge in [-0.3, -0.25) is 4.79 Å².